The average molecular weight is 385 g/mol. The van der Waals surface area contributed by atoms with Crippen LogP contribution in [0.15, 0.2) is 55.2 Å². The van der Waals surface area contributed by atoms with Crippen molar-refractivity contribution in [2.24, 2.45) is 0 Å². The Morgan fingerprint density at radius 2 is 1.97 bits per heavy atom. The molecule has 3 aromatic heterocycles. The Kier molecular flexibility index (Phi) is 4.16. The Morgan fingerprint density at radius 3 is 2.69 bits per heavy atom. The highest BCUT2D eigenvalue weighted by atomic mass is 16.2. The van der Waals surface area contributed by atoms with Crippen molar-refractivity contribution in [2.75, 3.05) is 5.32 Å². The first-order valence-electron chi connectivity index (χ1n) is 9.49. The van der Waals surface area contributed by atoms with Crippen molar-refractivity contribution in [3.63, 3.8) is 0 Å². The first-order valence-corrected chi connectivity index (χ1v) is 9.49. The van der Waals surface area contributed by atoms with E-state index in [2.05, 4.69) is 44.5 Å². The predicted molar refractivity (Wildman–Crippen MR) is 107 cm³/mol. The fraction of sp³-hybridized carbons (Fsp3) is 0.190. The van der Waals surface area contributed by atoms with Gasteiger partial charge in [-0.1, -0.05) is 17.7 Å². The molecule has 0 saturated carbocycles. The summed E-state index contributed by atoms with van der Waals surface area (Å²) >= 11 is 0. The normalized spacial score (nSPS) is 12.7. The molecule has 5 rings (SSSR count). The van der Waals surface area contributed by atoms with E-state index in [1.165, 1.54) is 11.9 Å². The molecule has 0 fully saturated rings. The molecule has 144 valence electrons. The van der Waals surface area contributed by atoms with Gasteiger partial charge in [0.2, 0.25) is 0 Å². The second-order valence-electron chi connectivity index (χ2n) is 7.07. The van der Waals surface area contributed by atoms with Crippen LogP contribution in [0.5, 0.6) is 0 Å². The van der Waals surface area contributed by atoms with Gasteiger partial charge in [-0.3, -0.25) is 4.79 Å². The zero-order valence-electron chi connectivity index (χ0n) is 15.9. The van der Waals surface area contributed by atoms with Crippen LogP contribution in [0.2, 0.25) is 0 Å². The maximum Gasteiger partial charge on any atom is 0.276 e. The third-order valence-electron chi connectivity index (χ3n) is 5.08. The maximum absolute atomic E-state index is 12.9. The standard InChI is InChI=1S/C21H19N7O/c1-14-5-8-16(9-6-14)28-18-4-2-3-17(18)20(26-28)21(29)25-15-7-10-19(23-11-15)27-13-22-12-24-27/h5-13H,2-4H2,1H3,(H,25,29). The summed E-state index contributed by atoms with van der Waals surface area (Å²) < 4.78 is 3.46. The van der Waals surface area contributed by atoms with E-state index in [1.807, 2.05) is 16.8 Å². The number of benzene rings is 1. The SMILES string of the molecule is Cc1ccc(-n2nc(C(=O)Nc3ccc(-n4cncn4)nc3)c3c2CCC3)cc1. The number of hydrogen-bond donors (Lipinski definition) is 1. The number of rotatable bonds is 4. The van der Waals surface area contributed by atoms with Crippen molar-refractivity contribution in [3.05, 3.63) is 77.8 Å². The number of fused-ring (bicyclic) bond motifs is 1. The molecule has 4 aromatic rings. The van der Waals surface area contributed by atoms with Crippen molar-refractivity contribution in [3.8, 4) is 11.5 Å². The number of carbonyl (C=O) groups excluding carboxylic acids is 1. The fourth-order valence-electron chi connectivity index (χ4n) is 3.63. The third-order valence-corrected chi connectivity index (χ3v) is 5.08. The lowest BCUT2D eigenvalue weighted by Gasteiger charge is -2.06. The summed E-state index contributed by atoms with van der Waals surface area (Å²) in [4.78, 5) is 21.2. The Hall–Kier alpha value is -3.81. The van der Waals surface area contributed by atoms with E-state index in [0.29, 0.717) is 17.2 Å². The van der Waals surface area contributed by atoms with Crippen LogP contribution in [0.25, 0.3) is 11.5 Å². The van der Waals surface area contributed by atoms with E-state index >= 15 is 0 Å². The van der Waals surface area contributed by atoms with E-state index in [4.69, 9.17) is 0 Å². The zero-order valence-corrected chi connectivity index (χ0v) is 15.9. The van der Waals surface area contributed by atoms with Gasteiger partial charge < -0.3 is 5.32 Å². The average Bonchev–Trinajstić information content (AvgIpc) is 3.47. The van der Waals surface area contributed by atoms with Crippen LogP contribution in [-0.2, 0) is 12.8 Å². The fourth-order valence-corrected chi connectivity index (χ4v) is 3.63. The predicted octanol–water partition coefficient (Wildman–Crippen LogP) is 2.90. The number of nitrogens with zero attached hydrogens (tertiary/aromatic N) is 6. The lowest BCUT2D eigenvalue weighted by atomic mass is 10.2. The van der Waals surface area contributed by atoms with E-state index in [1.54, 1.807) is 29.3 Å². The Morgan fingerprint density at radius 1 is 1.10 bits per heavy atom. The monoisotopic (exact) mass is 385 g/mol. The van der Waals surface area contributed by atoms with Gasteiger partial charge in [0.05, 0.1) is 17.6 Å². The molecule has 0 atom stereocenters. The molecule has 1 amide bonds. The van der Waals surface area contributed by atoms with Gasteiger partial charge in [0.25, 0.3) is 5.91 Å². The summed E-state index contributed by atoms with van der Waals surface area (Å²) in [5.74, 6) is 0.411. The molecular formula is C21H19N7O. The molecule has 1 aliphatic rings. The molecule has 1 N–H and O–H groups in total. The Labute approximate surface area is 167 Å². The smallest absolute Gasteiger partial charge is 0.276 e. The van der Waals surface area contributed by atoms with Crippen molar-refractivity contribution < 1.29 is 4.79 Å². The molecule has 0 spiro atoms. The van der Waals surface area contributed by atoms with Crippen LogP contribution in [-0.4, -0.2) is 35.4 Å². The molecule has 8 nitrogen and oxygen atoms in total. The maximum atomic E-state index is 12.9. The molecule has 0 saturated heterocycles. The summed E-state index contributed by atoms with van der Waals surface area (Å²) in [7, 11) is 0. The van der Waals surface area contributed by atoms with Crippen molar-refractivity contribution in [1.29, 1.82) is 0 Å². The number of hydrogen-bond acceptors (Lipinski definition) is 5. The number of aryl methyl sites for hydroxylation is 1. The second kappa shape index (κ2) is 6.97. The number of carbonyl (C=O) groups is 1. The van der Waals surface area contributed by atoms with Gasteiger partial charge in [0, 0.05) is 11.3 Å². The van der Waals surface area contributed by atoms with Crippen LogP contribution >= 0.6 is 0 Å². The lowest BCUT2D eigenvalue weighted by molar-refractivity contribution is 0.102. The van der Waals surface area contributed by atoms with Gasteiger partial charge in [-0.2, -0.15) is 10.2 Å². The molecule has 3 heterocycles. The molecule has 0 bridgehead atoms. The first-order chi connectivity index (χ1) is 14.2. The quantitative estimate of drug-likeness (QED) is 0.583. The van der Waals surface area contributed by atoms with Gasteiger partial charge >= 0.3 is 0 Å². The largest absolute Gasteiger partial charge is 0.319 e. The molecular weight excluding hydrogens is 366 g/mol. The van der Waals surface area contributed by atoms with Gasteiger partial charge in [-0.05, 0) is 50.5 Å². The van der Waals surface area contributed by atoms with Crippen molar-refractivity contribution in [1.82, 2.24) is 29.5 Å². The van der Waals surface area contributed by atoms with E-state index in [0.717, 1.165) is 36.2 Å². The van der Waals surface area contributed by atoms with Crippen molar-refractivity contribution in [2.45, 2.75) is 26.2 Å². The van der Waals surface area contributed by atoms with Crippen LogP contribution in [0, 0.1) is 6.92 Å². The van der Waals surface area contributed by atoms with Gasteiger partial charge in [0.15, 0.2) is 11.5 Å². The summed E-state index contributed by atoms with van der Waals surface area (Å²) in [6.45, 7) is 2.05. The molecule has 1 aliphatic carbocycles. The van der Waals surface area contributed by atoms with E-state index < -0.39 is 0 Å². The molecule has 29 heavy (non-hydrogen) atoms. The molecule has 8 heteroatoms. The molecule has 0 aliphatic heterocycles. The van der Waals surface area contributed by atoms with E-state index in [9.17, 15) is 4.79 Å². The molecule has 0 unspecified atom stereocenters. The van der Waals surface area contributed by atoms with Gasteiger partial charge in [0.1, 0.15) is 12.7 Å². The molecule has 1 aromatic carbocycles. The van der Waals surface area contributed by atoms with Gasteiger partial charge in [-0.25, -0.2) is 19.3 Å². The lowest BCUT2D eigenvalue weighted by Crippen LogP contribution is -2.15. The highest BCUT2D eigenvalue weighted by Crippen LogP contribution is 2.28. The first kappa shape index (κ1) is 17.3. The molecule has 0 radical (unpaired) electrons. The van der Waals surface area contributed by atoms with Crippen LogP contribution in [0.4, 0.5) is 5.69 Å². The second-order valence-corrected chi connectivity index (χ2v) is 7.07. The third kappa shape index (κ3) is 3.18. The van der Waals surface area contributed by atoms with Crippen LogP contribution < -0.4 is 5.32 Å². The number of pyridine rings is 1. The van der Waals surface area contributed by atoms with Crippen LogP contribution in [0.3, 0.4) is 0 Å². The summed E-state index contributed by atoms with van der Waals surface area (Å²) in [5.41, 5.74) is 5.42. The summed E-state index contributed by atoms with van der Waals surface area (Å²) in [6.07, 6.45) is 7.45. The topological polar surface area (TPSA) is 90.5 Å². The minimum atomic E-state index is -0.218. The summed E-state index contributed by atoms with van der Waals surface area (Å²) in [6, 6.07) is 11.8. The number of aromatic nitrogens is 6. The van der Waals surface area contributed by atoms with Gasteiger partial charge in [-0.15, -0.1) is 0 Å². The minimum Gasteiger partial charge on any atom is -0.319 e. The van der Waals surface area contributed by atoms with Crippen molar-refractivity contribution >= 4 is 11.6 Å². The number of anilines is 1. The minimum absolute atomic E-state index is 0.218. The zero-order chi connectivity index (χ0) is 19.8. The van der Waals surface area contributed by atoms with Crippen LogP contribution in [0.1, 0.15) is 33.7 Å². The highest BCUT2D eigenvalue weighted by Gasteiger charge is 2.27. The Bertz CT molecular complexity index is 1160. The van der Waals surface area contributed by atoms with E-state index in [-0.39, 0.29) is 5.91 Å². The summed E-state index contributed by atoms with van der Waals surface area (Å²) in [5, 5.41) is 11.6. The number of nitrogens with one attached hydrogen (secondary N) is 1. The Balaban J connectivity index is 1.41. The number of amides is 1. The highest BCUT2D eigenvalue weighted by molar-refractivity contribution is 6.04.